The monoisotopic (exact) mass is 252 g/mol. The van der Waals surface area contributed by atoms with Crippen molar-refractivity contribution in [3.63, 3.8) is 0 Å². The van der Waals surface area contributed by atoms with Crippen LogP contribution in [-0.4, -0.2) is 24.5 Å². The fraction of sp³-hybridized carbons (Fsp3) is 0.933. The number of fused-ring (bicyclic) bond motifs is 1. The quantitative estimate of drug-likeness (QED) is 0.713. The Balaban J connectivity index is 1.64. The summed E-state index contributed by atoms with van der Waals surface area (Å²) in [4.78, 5) is 12.0. The highest BCUT2D eigenvalue weighted by Crippen LogP contribution is 2.33. The average Bonchev–Trinajstić information content (AvgIpc) is 2.82. The van der Waals surface area contributed by atoms with Crippen molar-refractivity contribution in [3.8, 4) is 0 Å². The average molecular weight is 252 g/mol. The Morgan fingerprint density at radius 2 is 2.06 bits per heavy atom. The van der Waals surface area contributed by atoms with E-state index >= 15 is 0 Å². The standard InChI is InChI=1S/C15H28N2O/c1-2-3-4-7-10-16-15(18)14-11-12-8-5-6-9-13(12)17-14/h12-14,17H,2-11H2,1H3,(H,16,18). The van der Waals surface area contributed by atoms with Crippen LogP contribution >= 0.6 is 0 Å². The first-order valence-electron chi connectivity index (χ1n) is 7.85. The molecule has 1 aliphatic carbocycles. The lowest BCUT2D eigenvalue weighted by molar-refractivity contribution is -0.122. The van der Waals surface area contributed by atoms with E-state index in [4.69, 9.17) is 0 Å². The molecule has 1 heterocycles. The minimum atomic E-state index is 0.0873. The van der Waals surface area contributed by atoms with Gasteiger partial charge in [0, 0.05) is 12.6 Å². The van der Waals surface area contributed by atoms with Crippen molar-refractivity contribution in [1.82, 2.24) is 10.6 Å². The molecule has 0 radical (unpaired) electrons. The Bertz CT molecular complexity index is 253. The molecule has 0 aromatic rings. The van der Waals surface area contributed by atoms with Gasteiger partial charge in [0.25, 0.3) is 0 Å². The molecule has 1 saturated carbocycles. The number of rotatable bonds is 6. The Kier molecular flexibility index (Phi) is 5.48. The molecule has 2 rings (SSSR count). The molecular weight excluding hydrogens is 224 g/mol. The molecule has 104 valence electrons. The molecule has 18 heavy (non-hydrogen) atoms. The van der Waals surface area contributed by atoms with Crippen molar-refractivity contribution >= 4 is 5.91 Å². The molecule has 3 unspecified atom stereocenters. The molecule has 3 heteroatoms. The molecule has 2 fully saturated rings. The van der Waals surface area contributed by atoms with E-state index in [0.29, 0.717) is 6.04 Å². The topological polar surface area (TPSA) is 41.1 Å². The molecule has 0 bridgehead atoms. The molecule has 1 saturated heterocycles. The molecule has 2 aliphatic rings. The number of amides is 1. The predicted molar refractivity (Wildman–Crippen MR) is 74.4 cm³/mol. The van der Waals surface area contributed by atoms with Gasteiger partial charge in [-0.05, 0) is 31.6 Å². The van der Waals surface area contributed by atoms with Crippen molar-refractivity contribution in [2.24, 2.45) is 5.92 Å². The Hall–Kier alpha value is -0.570. The summed E-state index contributed by atoms with van der Waals surface area (Å²) in [5.74, 6) is 0.996. The number of carbonyl (C=O) groups is 1. The van der Waals surface area contributed by atoms with E-state index in [0.717, 1.165) is 25.3 Å². The van der Waals surface area contributed by atoms with Crippen LogP contribution in [0.25, 0.3) is 0 Å². The summed E-state index contributed by atoms with van der Waals surface area (Å²) in [7, 11) is 0. The van der Waals surface area contributed by atoms with E-state index in [1.54, 1.807) is 0 Å². The van der Waals surface area contributed by atoms with E-state index in [9.17, 15) is 4.79 Å². The highest BCUT2D eigenvalue weighted by atomic mass is 16.2. The van der Waals surface area contributed by atoms with Gasteiger partial charge in [0.15, 0.2) is 0 Å². The molecular formula is C15H28N2O. The molecule has 0 aromatic carbocycles. The summed E-state index contributed by atoms with van der Waals surface area (Å²) in [5, 5.41) is 6.62. The summed E-state index contributed by atoms with van der Waals surface area (Å²) >= 11 is 0. The highest BCUT2D eigenvalue weighted by Gasteiger charge is 2.37. The van der Waals surface area contributed by atoms with Gasteiger partial charge in [0.1, 0.15) is 0 Å². The summed E-state index contributed by atoms with van der Waals surface area (Å²) in [6.45, 7) is 3.06. The van der Waals surface area contributed by atoms with Crippen molar-refractivity contribution in [2.45, 2.75) is 76.8 Å². The number of hydrogen-bond donors (Lipinski definition) is 2. The molecule has 3 atom stereocenters. The Labute approximate surface area is 111 Å². The van der Waals surface area contributed by atoms with Crippen molar-refractivity contribution in [3.05, 3.63) is 0 Å². The van der Waals surface area contributed by atoms with Crippen LogP contribution in [0.3, 0.4) is 0 Å². The third-order valence-electron chi connectivity index (χ3n) is 4.51. The lowest BCUT2D eigenvalue weighted by Crippen LogP contribution is -2.43. The van der Waals surface area contributed by atoms with E-state index in [-0.39, 0.29) is 11.9 Å². The Morgan fingerprint density at radius 3 is 2.83 bits per heavy atom. The van der Waals surface area contributed by atoms with E-state index in [1.165, 1.54) is 44.9 Å². The molecule has 3 nitrogen and oxygen atoms in total. The fourth-order valence-electron chi connectivity index (χ4n) is 3.41. The fourth-order valence-corrected chi connectivity index (χ4v) is 3.41. The third kappa shape index (κ3) is 3.71. The van der Waals surface area contributed by atoms with Crippen LogP contribution in [0, 0.1) is 5.92 Å². The first-order valence-corrected chi connectivity index (χ1v) is 7.85. The van der Waals surface area contributed by atoms with Gasteiger partial charge in [-0.2, -0.15) is 0 Å². The lowest BCUT2D eigenvalue weighted by atomic mass is 9.85. The molecule has 2 N–H and O–H groups in total. The molecule has 0 aromatic heterocycles. The molecule has 0 spiro atoms. The minimum Gasteiger partial charge on any atom is -0.355 e. The largest absolute Gasteiger partial charge is 0.355 e. The van der Waals surface area contributed by atoms with Crippen molar-refractivity contribution in [2.75, 3.05) is 6.54 Å². The van der Waals surface area contributed by atoms with Crippen LogP contribution in [0.2, 0.25) is 0 Å². The zero-order chi connectivity index (χ0) is 12.8. The maximum absolute atomic E-state index is 12.0. The number of hydrogen-bond acceptors (Lipinski definition) is 2. The summed E-state index contributed by atoms with van der Waals surface area (Å²) in [6, 6.07) is 0.707. The maximum Gasteiger partial charge on any atom is 0.237 e. The number of carbonyl (C=O) groups excluding carboxylic acids is 1. The van der Waals surface area contributed by atoms with Crippen LogP contribution < -0.4 is 10.6 Å². The maximum atomic E-state index is 12.0. The molecule has 1 amide bonds. The number of unbranched alkanes of at least 4 members (excludes halogenated alkanes) is 3. The van der Waals surface area contributed by atoms with Gasteiger partial charge in [-0.3, -0.25) is 4.79 Å². The first-order chi connectivity index (χ1) is 8.81. The Morgan fingerprint density at radius 1 is 1.22 bits per heavy atom. The van der Waals surface area contributed by atoms with Gasteiger partial charge in [0.05, 0.1) is 6.04 Å². The summed E-state index contributed by atoms with van der Waals surface area (Å²) in [6.07, 6.45) is 11.2. The zero-order valence-electron chi connectivity index (χ0n) is 11.7. The zero-order valence-corrected chi connectivity index (χ0v) is 11.7. The van der Waals surface area contributed by atoms with E-state index < -0.39 is 0 Å². The second kappa shape index (κ2) is 7.13. The van der Waals surface area contributed by atoms with Gasteiger partial charge in [-0.1, -0.05) is 39.0 Å². The first kappa shape index (κ1) is 13.9. The van der Waals surface area contributed by atoms with Crippen molar-refractivity contribution < 1.29 is 4.79 Å². The predicted octanol–water partition coefficient (Wildman–Crippen LogP) is 2.60. The second-order valence-corrected chi connectivity index (χ2v) is 5.96. The third-order valence-corrected chi connectivity index (χ3v) is 4.51. The normalized spacial score (nSPS) is 31.1. The molecule has 1 aliphatic heterocycles. The van der Waals surface area contributed by atoms with Crippen LogP contribution in [-0.2, 0) is 4.79 Å². The van der Waals surface area contributed by atoms with E-state index in [2.05, 4.69) is 17.6 Å². The van der Waals surface area contributed by atoms with Gasteiger partial charge in [-0.15, -0.1) is 0 Å². The summed E-state index contributed by atoms with van der Waals surface area (Å²) in [5.41, 5.74) is 0. The van der Waals surface area contributed by atoms with Gasteiger partial charge in [-0.25, -0.2) is 0 Å². The van der Waals surface area contributed by atoms with Gasteiger partial charge >= 0.3 is 0 Å². The SMILES string of the molecule is CCCCCCNC(=O)C1CC2CCCCC2N1. The minimum absolute atomic E-state index is 0.0873. The smallest absolute Gasteiger partial charge is 0.237 e. The van der Waals surface area contributed by atoms with Crippen LogP contribution in [0.15, 0.2) is 0 Å². The van der Waals surface area contributed by atoms with Gasteiger partial charge < -0.3 is 10.6 Å². The van der Waals surface area contributed by atoms with E-state index in [1.807, 2.05) is 0 Å². The highest BCUT2D eigenvalue weighted by molar-refractivity contribution is 5.82. The van der Waals surface area contributed by atoms with Crippen molar-refractivity contribution in [1.29, 1.82) is 0 Å². The number of nitrogens with one attached hydrogen (secondary N) is 2. The van der Waals surface area contributed by atoms with Crippen LogP contribution in [0.5, 0.6) is 0 Å². The summed E-state index contributed by atoms with van der Waals surface area (Å²) < 4.78 is 0. The second-order valence-electron chi connectivity index (χ2n) is 5.96. The van der Waals surface area contributed by atoms with Crippen LogP contribution in [0.1, 0.15) is 64.7 Å². The van der Waals surface area contributed by atoms with Crippen LogP contribution in [0.4, 0.5) is 0 Å². The van der Waals surface area contributed by atoms with Gasteiger partial charge in [0.2, 0.25) is 5.91 Å². The lowest BCUT2D eigenvalue weighted by Gasteiger charge is -2.24.